The van der Waals surface area contributed by atoms with Crippen LogP contribution in [0.5, 0.6) is 0 Å². The summed E-state index contributed by atoms with van der Waals surface area (Å²) in [5, 5.41) is 12.9. The topological polar surface area (TPSA) is 69.6 Å². The van der Waals surface area contributed by atoms with Crippen molar-refractivity contribution >= 4 is 29.2 Å². The SMILES string of the molecule is C[C@H](CO)Nc1c(/C=C2/Sc3ccccc3N2C)c(=O)c1=O. The highest BCUT2D eigenvalue weighted by molar-refractivity contribution is 8.03. The molecule has 3 rings (SSSR count). The number of rotatable bonds is 4. The molecule has 2 aromatic carbocycles. The Morgan fingerprint density at radius 1 is 1.32 bits per heavy atom. The zero-order valence-corrected chi connectivity index (χ0v) is 13.1. The van der Waals surface area contributed by atoms with Crippen molar-refractivity contribution in [2.45, 2.75) is 17.9 Å². The lowest BCUT2D eigenvalue weighted by molar-refractivity contribution is 0.281. The zero-order valence-electron chi connectivity index (χ0n) is 12.3. The first kappa shape index (κ1) is 14.9. The molecule has 1 aliphatic heterocycles. The molecule has 0 spiro atoms. The largest absolute Gasteiger partial charge is 0.394 e. The number of para-hydroxylation sites is 1. The van der Waals surface area contributed by atoms with Crippen LogP contribution < -0.4 is 21.1 Å². The summed E-state index contributed by atoms with van der Waals surface area (Å²) in [6.07, 6.45) is 1.74. The average molecular weight is 316 g/mol. The fourth-order valence-corrected chi connectivity index (χ4v) is 3.45. The number of nitrogens with one attached hydrogen (secondary N) is 1. The van der Waals surface area contributed by atoms with Gasteiger partial charge in [0.1, 0.15) is 0 Å². The highest BCUT2D eigenvalue weighted by atomic mass is 32.2. The van der Waals surface area contributed by atoms with Gasteiger partial charge in [0.2, 0.25) is 10.9 Å². The van der Waals surface area contributed by atoms with Crippen molar-refractivity contribution in [1.82, 2.24) is 0 Å². The Labute approximate surface area is 132 Å². The zero-order chi connectivity index (χ0) is 15.9. The lowest BCUT2D eigenvalue weighted by atomic mass is 10.1. The maximum absolute atomic E-state index is 11.8. The summed E-state index contributed by atoms with van der Waals surface area (Å²) >= 11 is 1.56. The molecule has 0 aliphatic carbocycles. The second-order valence-electron chi connectivity index (χ2n) is 5.29. The Morgan fingerprint density at radius 3 is 2.73 bits per heavy atom. The van der Waals surface area contributed by atoms with Crippen LogP contribution in [0.2, 0.25) is 0 Å². The van der Waals surface area contributed by atoms with Gasteiger partial charge in [-0.3, -0.25) is 9.59 Å². The number of fused-ring (bicyclic) bond motifs is 1. The van der Waals surface area contributed by atoms with Crippen molar-refractivity contribution in [1.29, 1.82) is 0 Å². The number of anilines is 2. The predicted octanol–water partition coefficient (Wildman–Crippen LogP) is 1.62. The van der Waals surface area contributed by atoms with Gasteiger partial charge in [-0.05, 0) is 25.1 Å². The van der Waals surface area contributed by atoms with Crippen molar-refractivity contribution in [3.05, 3.63) is 55.3 Å². The van der Waals surface area contributed by atoms with Gasteiger partial charge in [0.15, 0.2) is 0 Å². The lowest BCUT2D eigenvalue weighted by Crippen LogP contribution is -2.39. The predicted molar refractivity (Wildman–Crippen MR) is 90.2 cm³/mol. The van der Waals surface area contributed by atoms with Crippen LogP contribution in [0.15, 0.2) is 43.8 Å². The van der Waals surface area contributed by atoms with Crippen molar-refractivity contribution in [2.24, 2.45) is 0 Å². The molecular formula is C16H16N2O3S. The molecule has 1 heterocycles. The van der Waals surface area contributed by atoms with E-state index in [0.717, 1.165) is 15.6 Å². The number of benzene rings is 1. The first-order valence-electron chi connectivity index (χ1n) is 6.96. The van der Waals surface area contributed by atoms with Crippen LogP contribution in [0, 0.1) is 0 Å². The van der Waals surface area contributed by atoms with E-state index in [0.29, 0.717) is 11.3 Å². The molecule has 0 radical (unpaired) electrons. The lowest BCUT2D eigenvalue weighted by Gasteiger charge is -2.17. The number of thioether (sulfide) groups is 1. The van der Waals surface area contributed by atoms with E-state index in [4.69, 9.17) is 5.11 Å². The molecule has 6 heteroatoms. The first-order valence-corrected chi connectivity index (χ1v) is 7.77. The van der Waals surface area contributed by atoms with E-state index in [2.05, 4.69) is 5.32 Å². The fourth-order valence-electron chi connectivity index (χ4n) is 2.35. The molecule has 1 aliphatic rings. The van der Waals surface area contributed by atoms with Crippen LogP contribution in [-0.2, 0) is 0 Å². The van der Waals surface area contributed by atoms with Gasteiger partial charge in [0, 0.05) is 18.0 Å². The summed E-state index contributed by atoms with van der Waals surface area (Å²) in [4.78, 5) is 26.6. The summed E-state index contributed by atoms with van der Waals surface area (Å²) in [6.45, 7) is 1.65. The summed E-state index contributed by atoms with van der Waals surface area (Å²) in [6, 6.07) is 7.69. The van der Waals surface area contributed by atoms with E-state index in [-0.39, 0.29) is 12.6 Å². The minimum atomic E-state index is -0.518. The molecule has 2 aromatic rings. The molecule has 5 nitrogen and oxygen atoms in total. The van der Waals surface area contributed by atoms with Gasteiger partial charge in [-0.15, -0.1) is 0 Å². The Morgan fingerprint density at radius 2 is 2.05 bits per heavy atom. The van der Waals surface area contributed by atoms with Crippen molar-refractivity contribution in [2.75, 3.05) is 23.9 Å². The third kappa shape index (κ3) is 2.34. The van der Waals surface area contributed by atoms with Gasteiger partial charge in [0.05, 0.1) is 28.6 Å². The van der Waals surface area contributed by atoms with E-state index in [1.807, 2.05) is 36.2 Å². The summed E-state index contributed by atoms with van der Waals surface area (Å²) < 4.78 is 0. The molecule has 22 heavy (non-hydrogen) atoms. The van der Waals surface area contributed by atoms with Crippen molar-refractivity contribution < 1.29 is 5.11 Å². The third-order valence-electron chi connectivity index (χ3n) is 3.65. The van der Waals surface area contributed by atoms with Gasteiger partial charge >= 0.3 is 0 Å². The molecule has 0 fully saturated rings. The van der Waals surface area contributed by atoms with Crippen LogP contribution in [0.25, 0.3) is 6.08 Å². The normalized spacial score (nSPS) is 17.0. The highest BCUT2D eigenvalue weighted by Gasteiger charge is 2.25. The summed E-state index contributed by atoms with van der Waals surface area (Å²) in [5.41, 5.74) is 0.757. The third-order valence-corrected chi connectivity index (χ3v) is 4.82. The van der Waals surface area contributed by atoms with Crippen molar-refractivity contribution in [3.8, 4) is 0 Å². The Kier molecular flexibility index (Phi) is 3.80. The number of aliphatic hydroxyl groups excluding tert-OH is 1. The Hall–Kier alpha value is -2.05. The van der Waals surface area contributed by atoms with E-state index in [1.54, 1.807) is 24.8 Å². The molecule has 0 unspecified atom stereocenters. The molecular weight excluding hydrogens is 300 g/mol. The van der Waals surface area contributed by atoms with Gasteiger partial charge in [-0.2, -0.15) is 0 Å². The molecule has 0 saturated carbocycles. The number of aliphatic hydroxyl groups is 1. The minimum Gasteiger partial charge on any atom is -0.394 e. The second kappa shape index (κ2) is 5.62. The quantitative estimate of drug-likeness (QED) is 0.835. The van der Waals surface area contributed by atoms with E-state index < -0.39 is 10.9 Å². The average Bonchev–Trinajstić information content (AvgIpc) is 2.86. The first-order chi connectivity index (χ1) is 10.5. The van der Waals surface area contributed by atoms with E-state index in [1.165, 1.54) is 0 Å². The molecule has 2 N–H and O–H groups in total. The smallest absolute Gasteiger partial charge is 0.250 e. The molecule has 0 amide bonds. The maximum Gasteiger partial charge on any atom is 0.250 e. The van der Waals surface area contributed by atoms with E-state index in [9.17, 15) is 9.59 Å². The monoisotopic (exact) mass is 316 g/mol. The molecule has 0 bridgehead atoms. The minimum absolute atomic E-state index is 0.102. The van der Waals surface area contributed by atoms with Crippen LogP contribution >= 0.6 is 11.8 Å². The van der Waals surface area contributed by atoms with Crippen LogP contribution in [0.1, 0.15) is 12.5 Å². The fraction of sp³-hybridized carbons (Fsp3) is 0.250. The number of hydrogen-bond acceptors (Lipinski definition) is 6. The van der Waals surface area contributed by atoms with E-state index >= 15 is 0 Å². The summed E-state index contributed by atoms with van der Waals surface area (Å²) in [7, 11) is 1.93. The van der Waals surface area contributed by atoms with Crippen LogP contribution in [-0.4, -0.2) is 24.8 Å². The maximum atomic E-state index is 11.8. The van der Waals surface area contributed by atoms with Crippen molar-refractivity contribution in [3.63, 3.8) is 0 Å². The van der Waals surface area contributed by atoms with Gasteiger partial charge < -0.3 is 15.3 Å². The highest BCUT2D eigenvalue weighted by Crippen LogP contribution is 2.45. The summed E-state index contributed by atoms with van der Waals surface area (Å²) in [5.74, 6) is 0. The second-order valence-corrected chi connectivity index (χ2v) is 6.35. The molecule has 114 valence electrons. The Bertz CT molecular complexity index is 821. The number of nitrogens with zero attached hydrogens (tertiary/aromatic N) is 1. The van der Waals surface area contributed by atoms with Crippen LogP contribution in [0.3, 0.4) is 0 Å². The molecule has 0 aromatic heterocycles. The van der Waals surface area contributed by atoms with Crippen LogP contribution in [0.4, 0.5) is 11.4 Å². The van der Waals surface area contributed by atoms with Gasteiger partial charge in [-0.25, -0.2) is 0 Å². The van der Waals surface area contributed by atoms with Gasteiger partial charge in [0.25, 0.3) is 0 Å². The standard InChI is InChI=1S/C16H16N2O3S/c1-9(8-19)17-14-10(15(20)16(14)21)7-13-18(2)11-5-3-4-6-12(11)22-13/h3-7,9,17,19H,8H2,1-2H3/b13-7+/t9-/m1/s1. The Balaban J connectivity index is 1.93. The number of hydrogen-bond donors (Lipinski definition) is 2. The van der Waals surface area contributed by atoms with Gasteiger partial charge in [-0.1, -0.05) is 23.9 Å². The molecule has 1 atom stereocenters. The molecule has 0 saturated heterocycles.